The number of likely N-dealkylation sites (tertiary alicyclic amines) is 1. The molecule has 2 aliphatic heterocycles. The molecule has 1 atom stereocenters. The van der Waals surface area contributed by atoms with Crippen LogP contribution in [0.25, 0.3) is 0 Å². The molecule has 138 valence electrons. The molecule has 2 amide bonds. The molecule has 0 saturated carbocycles. The van der Waals surface area contributed by atoms with Gasteiger partial charge in [0.05, 0.1) is 16.0 Å². The van der Waals surface area contributed by atoms with Gasteiger partial charge in [0.2, 0.25) is 0 Å². The number of carbonyl (C=O) groups is 2. The van der Waals surface area contributed by atoms with E-state index in [1.165, 1.54) is 5.38 Å². The molecule has 2 aliphatic rings. The fraction of sp³-hybridized carbons (Fsp3) is 0.600. The van der Waals surface area contributed by atoms with Gasteiger partial charge >= 0.3 is 6.09 Å². The summed E-state index contributed by atoms with van der Waals surface area (Å²) in [5.74, 6) is -0.264. The molecule has 0 spiro atoms. The van der Waals surface area contributed by atoms with E-state index in [0.717, 1.165) is 17.6 Å². The van der Waals surface area contributed by atoms with E-state index in [2.05, 4.69) is 0 Å². The van der Waals surface area contributed by atoms with Crippen molar-refractivity contribution < 1.29 is 22.7 Å². The standard InChI is InChI=1S/C15H19ClN2O5S2/c1-9-7-23-15(20)18(9)10-3-5-17(6-4-10)14(19)13-12(16)11(8-24-13)25(2,21)22/h8-10H,3-7H2,1-2H3. The van der Waals surface area contributed by atoms with Crippen molar-refractivity contribution in [3.05, 3.63) is 15.3 Å². The molecule has 2 saturated heterocycles. The second kappa shape index (κ2) is 6.77. The largest absolute Gasteiger partial charge is 0.447 e. The number of piperidine rings is 1. The Hall–Kier alpha value is -1.32. The lowest BCUT2D eigenvalue weighted by Crippen LogP contribution is -2.49. The fourth-order valence-electron chi connectivity index (χ4n) is 3.25. The van der Waals surface area contributed by atoms with Gasteiger partial charge in [-0.05, 0) is 19.8 Å². The van der Waals surface area contributed by atoms with E-state index in [-0.39, 0.29) is 38.9 Å². The predicted molar refractivity (Wildman–Crippen MR) is 94.0 cm³/mol. The lowest BCUT2D eigenvalue weighted by molar-refractivity contribution is 0.0646. The highest BCUT2D eigenvalue weighted by atomic mass is 35.5. The molecule has 3 heterocycles. The Balaban J connectivity index is 1.68. The summed E-state index contributed by atoms with van der Waals surface area (Å²) in [6.45, 7) is 3.32. The minimum atomic E-state index is -3.46. The van der Waals surface area contributed by atoms with Crippen molar-refractivity contribution >= 4 is 44.8 Å². The normalized spacial score (nSPS) is 22.4. The Morgan fingerprint density at radius 3 is 2.48 bits per heavy atom. The van der Waals surface area contributed by atoms with Crippen molar-refractivity contribution in [3.63, 3.8) is 0 Å². The van der Waals surface area contributed by atoms with Crippen LogP contribution in [0.2, 0.25) is 5.02 Å². The maximum absolute atomic E-state index is 12.7. The zero-order chi connectivity index (χ0) is 18.4. The SMILES string of the molecule is CC1COC(=O)N1C1CCN(C(=O)c2scc(S(C)(=O)=O)c2Cl)CC1. The minimum Gasteiger partial charge on any atom is -0.447 e. The Labute approximate surface area is 155 Å². The smallest absolute Gasteiger partial charge is 0.410 e. The van der Waals surface area contributed by atoms with Crippen molar-refractivity contribution in [1.82, 2.24) is 9.80 Å². The predicted octanol–water partition coefficient (Wildman–Crippen LogP) is 2.25. The van der Waals surface area contributed by atoms with Crippen LogP contribution in [0.5, 0.6) is 0 Å². The average Bonchev–Trinajstić information content (AvgIpc) is 3.09. The first kappa shape index (κ1) is 18.5. The monoisotopic (exact) mass is 406 g/mol. The van der Waals surface area contributed by atoms with Gasteiger partial charge in [-0.25, -0.2) is 13.2 Å². The molecular formula is C15H19ClN2O5S2. The third-order valence-electron chi connectivity index (χ3n) is 4.57. The third kappa shape index (κ3) is 3.50. The second-order valence-electron chi connectivity index (χ2n) is 6.37. The first-order valence-electron chi connectivity index (χ1n) is 7.91. The molecule has 1 aromatic heterocycles. The van der Waals surface area contributed by atoms with Gasteiger partial charge in [0.15, 0.2) is 9.84 Å². The number of rotatable bonds is 3. The van der Waals surface area contributed by atoms with E-state index in [4.69, 9.17) is 16.3 Å². The van der Waals surface area contributed by atoms with Crippen molar-refractivity contribution in [2.75, 3.05) is 26.0 Å². The number of carbonyl (C=O) groups excluding carboxylic acids is 2. The number of hydrogen-bond donors (Lipinski definition) is 0. The molecule has 0 radical (unpaired) electrons. The Morgan fingerprint density at radius 1 is 1.36 bits per heavy atom. The molecule has 1 aromatic rings. The lowest BCUT2D eigenvalue weighted by Gasteiger charge is -2.37. The highest BCUT2D eigenvalue weighted by Crippen LogP contribution is 2.33. The van der Waals surface area contributed by atoms with Crippen LogP contribution in [0, 0.1) is 0 Å². The fourth-order valence-corrected chi connectivity index (χ4v) is 6.12. The van der Waals surface area contributed by atoms with Crippen molar-refractivity contribution in [2.45, 2.75) is 36.7 Å². The zero-order valence-electron chi connectivity index (χ0n) is 13.9. The summed E-state index contributed by atoms with van der Waals surface area (Å²) in [5.41, 5.74) is 0. The minimum absolute atomic E-state index is 0.00336. The highest BCUT2D eigenvalue weighted by molar-refractivity contribution is 7.91. The summed E-state index contributed by atoms with van der Waals surface area (Å²) in [5, 5.41) is 1.40. The number of ether oxygens (including phenoxy) is 1. The number of amides is 2. The number of hydrogen-bond acceptors (Lipinski definition) is 6. The van der Waals surface area contributed by atoms with Crippen molar-refractivity contribution in [1.29, 1.82) is 0 Å². The van der Waals surface area contributed by atoms with E-state index in [1.807, 2.05) is 6.92 Å². The van der Waals surface area contributed by atoms with Crippen LogP contribution in [0.15, 0.2) is 10.3 Å². The number of thiophene rings is 1. The van der Waals surface area contributed by atoms with Crippen LogP contribution in [-0.4, -0.2) is 68.3 Å². The van der Waals surface area contributed by atoms with Crippen LogP contribution in [-0.2, 0) is 14.6 Å². The Bertz CT molecular complexity index is 799. The second-order valence-corrected chi connectivity index (χ2v) is 9.61. The summed E-state index contributed by atoms with van der Waals surface area (Å²) in [7, 11) is -3.46. The molecule has 7 nitrogen and oxygen atoms in total. The summed E-state index contributed by atoms with van der Waals surface area (Å²) >= 11 is 7.15. The molecule has 3 rings (SSSR count). The first-order valence-corrected chi connectivity index (χ1v) is 11.1. The summed E-state index contributed by atoms with van der Waals surface area (Å²) < 4.78 is 28.4. The van der Waals surface area contributed by atoms with Gasteiger partial charge in [0.1, 0.15) is 11.5 Å². The van der Waals surface area contributed by atoms with Gasteiger partial charge < -0.3 is 9.64 Å². The van der Waals surface area contributed by atoms with E-state index >= 15 is 0 Å². The van der Waals surface area contributed by atoms with Gasteiger partial charge in [-0.15, -0.1) is 11.3 Å². The molecule has 0 aliphatic carbocycles. The maximum atomic E-state index is 12.7. The molecular weight excluding hydrogens is 388 g/mol. The van der Waals surface area contributed by atoms with Crippen LogP contribution in [0.4, 0.5) is 4.79 Å². The Kier molecular flexibility index (Phi) is 5.00. The van der Waals surface area contributed by atoms with Crippen molar-refractivity contribution in [2.24, 2.45) is 0 Å². The maximum Gasteiger partial charge on any atom is 0.410 e. The molecule has 2 fully saturated rings. The van der Waals surface area contributed by atoms with Gasteiger partial charge in [-0.1, -0.05) is 11.6 Å². The van der Waals surface area contributed by atoms with E-state index in [0.29, 0.717) is 32.5 Å². The summed E-state index contributed by atoms with van der Waals surface area (Å²) in [4.78, 5) is 28.1. The lowest BCUT2D eigenvalue weighted by atomic mass is 10.0. The van der Waals surface area contributed by atoms with Crippen LogP contribution >= 0.6 is 22.9 Å². The molecule has 1 unspecified atom stereocenters. The van der Waals surface area contributed by atoms with Gasteiger partial charge in [-0.3, -0.25) is 9.69 Å². The Morgan fingerprint density at radius 2 is 2.00 bits per heavy atom. The third-order valence-corrected chi connectivity index (χ3v) is 7.43. The van der Waals surface area contributed by atoms with Gasteiger partial charge in [-0.2, -0.15) is 0 Å². The average molecular weight is 407 g/mol. The van der Waals surface area contributed by atoms with Crippen LogP contribution < -0.4 is 0 Å². The topological polar surface area (TPSA) is 84.0 Å². The quantitative estimate of drug-likeness (QED) is 0.768. The highest BCUT2D eigenvalue weighted by Gasteiger charge is 2.38. The van der Waals surface area contributed by atoms with Crippen LogP contribution in [0.3, 0.4) is 0 Å². The summed E-state index contributed by atoms with van der Waals surface area (Å²) in [6.07, 6.45) is 2.09. The van der Waals surface area contributed by atoms with Gasteiger partial charge in [0, 0.05) is 30.8 Å². The first-order chi connectivity index (χ1) is 11.7. The summed E-state index contributed by atoms with van der Waals surface area (Å²) in [6, 6.07) is 0.100. The van der Waals surface area contributed by atoms with Gasteiger partial charge in [0.25, 0.3) is 5.91 Å². The molecule has 10 heteroatoms. The van der Waals surface area contributed by atoms with Crippen LogP contribution in [0.1, 0.15) is 29.4 Å². The molecule has 0 bridgehead atoms. The number of halogens is 1. The zero-order valence-corrected chi connectivity index (χ0v) is 16.3. The van der Waals surface area contributed by atoms with E-state index in [9.17, 15) is 18.0 Å². The molecule has 25 heavy (non-hydrogen) atoms. The number of sulfone groups is 1. The number of nitrogens with zero attached hydrogens (tertiary/aromatic N) is 2. The molecule has 0 N–H and O–H groups in total. The van der Waals surface area contributed by atoms with E-state index < -0.39 is 9.84 Å². The molecule has 0 aromatic carbocycles. The number of cyclic esters (lactones) is 1. The van der Waals surface area contributed by atoms with E-state index in [1.54, 1.807) is 9.80 Å². The van der Waals surface area contributed by atoms with Crippen molar-refractivity contribution in [3.8, 4) is 0 Å².